The first-order chi connectivity index (χ1) is 34.2. The van der Waals surface area contributed by atoms with E-state index in [4.69, 9.17) is 38.1 Å². The van der Waals surface area contributed by atoms with Crippen LogP contribution >= 0.6 is 0 Å². The molecule has 1 unspecified atom stereocenters. The summed E-state index contributed by atoms with van der Waals surface area (Å²) in [5.41, 5.74) is 8.26. The minimum absolute atomic E-state index is 0.0595. The zero-order chi connectivity index (χ0) is 48.7. The summed E-state index contributed by atoms with van der Waals surface area (Å²) in [4.78, 5) is 57.9. The van der Waals surface area contributed by atoms with Crippen LogP contribution in [0.4, 0.5) is 5.69 Å². The molecule has 4 aliphatic heterocycles. The van der Waals surface area contributed by atoms with Crippen molar-refractivity contribution in [1.82, 2.24) is 25.2 Å². The Balaban J connectivity index is 0.617. The third-order valence-corrected chi connectivity index (χ3v) is 12.6. The van der Waals surface area contributed by atoms with Gasteiger partial charge in [0.05, 0.1) is 83.8 Å². The number of phenolic OH excluding ortho intramolecular Hbond substituents is 2. The maximum absolute atomic E-state index is 13.9. The van der Waals surface area contributed by atoms with Crippen molar-refractivity contribution in [2.45, 2.75) is 45.8 Å². The summed E-state index contributed by atoms with van der Waals surface area (Å²) in [7, 11) is 0. The highest BCUT2D eigenvalue weighted by Gasteiger charge is 2.43. The van der Waals surface area contributed by atoms with Gasteiger partial charge in [0.25, 0.3) is 17.7 Å². The number of hydrogen-bond acceptors (Lipinski definition) is 17. The first-order valence-electron chi connectivity index (χ1n) is 24.0. The van der Waals surface area contributed by atoms with Crippen LogP contribution in [-0.4, -0.2) is 166 Å². The van der Waals surface area contributed by atoms with Crippen molar-refractivity contribution in [1.29, 1.82) is 0 Å². The molecule has 1 atom stereocenters. The molecule has 4 aromatic rings. The van der Waals surface area contributed by atoms with Crippen molar-refractivity contribution >= 4 is 23.4 Å². The molecule has 0 aliphatic carbocycles. The summed E-state index contributed by atoms with van der Waals surface area (Å²) in [5.74, 6) is -1.39. The molecule has 2 saturated heterocycles. The Morgan fingerprint density at radius 2 is 1.40 bits per heavy atom. The van der Waals surface area contributed by atoms with E-state index in [1.165, 1.54) is 11.6 Å². The first kappa shape index (κ1) is 50.7. The SMILES string of the molecule is Cc1c(O)cc(O)c(C(=O)N2Cc3ccc(CN4CCN(CCOCCOCCOCCOCCOCCNc5cccc6c5C(=O)N(C5CCONO5)C6=O)CC4)cc3C2)c1OCc1ccccc1. The molecule has 19 heteroatoms. The molecule has 8 rings (SSSR count). The highest BCUT2D eigenvalue weighted by molar-refractivity contribution is 6.23. The fourth-order valence-electron chi connectivity index (χ4n) is 8.80. The summed E-state index contributed by atoms with van der Waals surface area (Å²) in [6, 6.07) is 22.3. The summed E-state index contributed by atoms with van der Waals surface area (Å²) < 4.78 is 34.4. The highest BCUT2D eigenvalue weighted by atomic mass is 16.9. The molecule has 4 aliphatic rings. The molecule has 0 aromatic heterocycles. The van der Waals surface area contributed by atoms with E-state index in [9.17, 15) is 24.6 Å². The van der Waals surface area contributed by atoms with Gasteiger partial charge >= 0.3 is 0 Å². The predicted octanol–water partition coefficient (Wildman–Crippen LogP) is 4.23. The number of hydrogen-bond donors (Lipinski definition) is 4. The normalized spacial score (nSPS) is 17.3. The molecule has 376 valence electrons. The molecular formula is C51H64N6O13. The van der Waals surface area contributed by atoms with Crippen LogP contribution in [0.5, 0.6) is 17.2 Å². The Labute approximate surface area is 407 Å². The smallest absolute Gasteiger partial charge is 0.265 e. The Kier molecular flexibility index (Phi) is 18.4. The van der Waals surface area contributed by atoms with Gasteiger partial charge in [-0.25, -0.2) is 4.90 Å². The van der Waals surface area contributed by atoms with Gasteiger partial charge in [-0.3, -0.25) is 33.9 Å². The second-order valence-corrected chi connectivity index (χ2v) is 17.4. The molecule has 19 nitrogen and oxygen atoms in total. The van der Waals surface area contributed by atoms with Crippen LogP contribution in [-0.2, 0) is 59.6 Å². The van der Waals surface area contributed by atoms with Crippen molar-refractivity contribution in [3.8, 4) is 17.2 Å². The zero-order valence-electron chi connectivity index (χ0n) is 39.7. The Bertz CT molecular complexity index is 2380. The minimum Gasteiger partial charge on any atom is -0.507 e. The number of phenols is 2. The molecule has 4 heterocycles. The molecule has 0 spiro atoms. The number of aromatic hydroxyl groups is 2. The molecule has 0 bridgehead atoms. The van der Waals surface area contributed by atoms with Crippen LogP contribution in [0.2, 0.25) is 0 Å². The Morgan fingerprint density at radius 3 is 2.10 bits per heavy atom. The van der Waals surface area contributed by atoms with Crippen LogP contribution in [0.15, 0.2) is 72.8 Å². The molecule has 4 N–H and O–H groups in total. The van der Waals surface area contributed by atoms with E-state index in [0.29, 0.717) is 121 Å². The lowest BCUT2D eigenvalue weighted by Gasteiger charge is -2.34. The molecule has 0 radical (unpaired) electrons. The minimum atomic E-state index is -0.735. The molecule has 70 heavy (non-hydrogen) atoms. The van der Waals surface area contributed by atoms with Gasteiger partial charge in [-0.05, 0) is 41.3 Å². The van der Waals surface area contributed by atoms with Crippen molar-refractivity contribution < 1.29 is 62.7 Å². The van der Waals surface area contributed by atoms with Crippen LogP contribution in [0.3, 0.4) is 0 Å². The second kappa shape index (κ2) is 25.4. The number of ether oxygens (including phenoxy) is 6. The van der Waals surface area contributed by atoms with Gasteiger partial charge in [-0.15, -0.1) is 0 Å². The van der Waals surface area contributed by atoms with E-state index in [2.05, 4.69) is 39.0 Å². The molecule has 4 aromatic carbocycles. The summed E-state index contributed by atoms with van der Waals surface area (Å²) in [6.45, 7) is 13.7. The molecule has 3 amide bonds. The first-order valence-corrected chi connectivity index (χ1v) is 24.0. The van der Waals surface area contributed by atoms with Crippen molar-refractivity contribution in [3.63, 3.8) is 0 Å². The maximum Gasteiger partial charge on any atom is 0.265 e. The van der Waals surface area contributed by atoms with Gasteiger partial charge in [-0.2, -0.15) is 0 Å². The number of rotatable bonds is 26. The average Bonchev–Trinajstić information content (AvgIpc) is 3.92. The fourth-order valence-corrected chi connectivity index (χ4v) is 8.80. The fraction of sp³-hybridized carbons (Fsp3) is 0.471. The van der Waals surface area contributed by atoms with Gasteiger partial charge < -0.3 is 48.9 Å². The summed E-state index contributed by atoms with van der Waals surface area (Å²) >= 11 is 0. The van der Waals surface area contributed by atoms with E-state index in [0.717, 1.165) is 60.9 Å². The van der Waals surface area contributed by atoms with Gasteiger partial charge in [0, 0.05) is 82.6 Å². The number of benzene rings is 4. The number of nitrogens with zero attached hydrogens (tertiary/aromatic N) is 4. The number of carbonyl (C=O) groups excluding carboxylic acids is 3. The Morgan fingerprint density at radius 1 is 0.729 bits per heavy atom. The lowest BCUT2D eigenvalue weighted by atomic mass is 10.1. The van der Waals surface area contributed by atoms with E-state index in [1.54, 1.807) is 30.0 Å². The van der Waals surface area contributed by atoms with E-state index >= 15 is 0 Å². The Hall–Kier alpha value is -5.71. The predicted molar refractivity (Wildman–Crippen MR) is 255 cm³/mol. The number of nitrogens with one attached hydrogen (secondary N) is 2. The number of fused-ring (bicyclic) bond motifs is 2. The van der Waals surface area contributed by atoms with Gasteiger partial charge in [0.1, 0.15) is 29.4 Å². The van der Waals surface area contributed by atoms with Crippen LogP contribution < -0.4 is 15.7 Å². The quantitative estimate of drug-likeness (QED) is 0.0514. The third kappa shape index (κ3) is 13.2. The largest absolute Gasteiger partial charge is 0.507 e. The number of carbonyl (C=O) groups is 3. The van der Waals surface area contributed by atoms with Crippen molar-refractivity contribution in [2.24, 2.45) is 0 Å². The van der Waals surface area contributed by atoms with E-state index < -0.39 is 18.0 Å². The number of amides is 3. The zero-order valence-corrected chi connectivity index (χ0v) is 39.7. The monoisotopic (exact) mass is 968 g/mol. The van der Waals surface area contributed by atoms with E-state index in [-0.39, 0.29) is 35.3 Å². The standard InChI is InChI=1S/C51H64N6O13/c1-36-43(58)31-44(59)47(48(36)68-35-37-6-3-2-4-7-37)50(61)56-33-39-11-10-38(30-40(39)34-56)32-55-16-14-54(15-17-55)18-21-64-23-25-66-27-29-67-28-26-65-24-22-63-20-13-52-42-9-5-8-41-46(42)51(62)57(49(41)60)45-12-19-69-53-70-45/h2-11,30-31,45,52-53,58-59H,12-29,32-35H2,1H3. The second-order valence-electron chi connectivity index (χ2n) is 17.4. The topological polar surface area (TPSA) is 203 Å². The number of piperazine rings is 1. The van der Waals surface area contributed by atoms with Gasteiger partial charge in [-0.1, -0.05) is 60.2 Å². The van der Waals surface area contributed by atoms with Gasteiger partial charge in [0.2, 0.25) is 0 Å². The third-order valence-electron chi connectivity index (χ3n) is 12.6. The summed E-state index contributed by atoms with van der Waals surface area (Å²) in [6.07, 6.45) is -0.357. The maximum atomic E-state index is 13.9. The van der Waals surface area contributed by atoms with Crippen LogP contribution in [0, 0.1) is 6.92 Å². The van der Waals surface area contributed by atoms with Crippen LogP contribution in [0.25, 0.3) is 0 Å². The summed E-state index contributed by atoms with van der Waals surface area (Å²) in [5, 5.41) is 24.5. The molecule has 2 fully saturated rings. The number of anilines is 1. The highest BCUT2D eigenvalue weighted by Crippen LogP contribution is 2.40. The molecular weight excluding hydrogens is 905 g/mol. The van der Waals surface area contributed by atoms with Crippen molar-refractivity contribution in [2.75, 3.05) is 117 Å². The average molecular weight is 969 g/mol. The molecule has 0 saturated carbocycles. The lowest BCUT2D eigenvalue weighted by Crippen LogP contribution is -2.47. The lowest BCUT2D eigenvalue weighted by molar-refractivity contribution is -0.259. The number of imide groups is 1. The van der Waals surface area contributed by atoms with Crippen molar-refractivity contribution in [3.05, 3.63) is 117 Å². The van der Waals surface area contributed by atoms with Gasteiger partial charge in [0.15, 0.2) is 6.23 Å². The van der Waals surface area contributed by atoms with Crippen LogP contribution in [0.1, 0.15) is 65.3 Å². The van der Waals surface area contributed by atoms with E-state index in [1.807, 2.05) is 30.3 Å².